The van der Waals surface area contributed by atoms with Gasteiger partial charge in [-0.2, -0.15) is 15.8 Å². The zero-order valence-corrected chi connectivity index (χ0v) is 16.1. The minimum absolute atomic E-state index is 0.153. The molecule has 1 heterocycles. The van der Waals surface area contributed by atoms with Gasteiger partial charge in [0.2, 0.25) is 0 Å². The van der Waals surface area contributed by atoms with Crippen molar-refractivity contribution < 1.29 is 13.6 Å². The van der Waals surface area contributed by atoms with Crippen LogP contribution >= 0.6 is 11.8 Å². The predicted molar refractivity (Wildman–Crippen MR) is 107 cm³/mol. The number of carbonyl (C=O) groups excluding carboxylic acids is 1. The monoisotopic (exact) mass is 418 g/mol. The van der Waals surface area contributed by atoms with Gasteiger partial charge in [0, 0.05) is 5.92 Å². The van der Waals surface area contributed by atoms with E-state index in [0.29, 0.717) is 11.1 Å². The maximum Gasteiger partial charge on any atom is 0.284 e. The number of benzene rings is 2. The van der Waals surface area contributed by atoms with Crippen molar-refractivity contribution in [2.24, 2.45) is 16.8 Å². The lowest BCUT2D eigenvalue weighted by molar-refractivity contribution is -0.113. The van der Waals surface area contributed by atoms with E-state index < -0.39 is 35.3 Å². The highest BCUT2D eigenvalue weighted by Crippen LogP contribution is 2.40. The fourth-order valence-electron chi connectivity index (χ4n) is 3.01. The quantitative estimate of drug-likeness (QED) is 0.662. The molecule has 146 valence electrons. The lowest BCUT2D eigenvalue weighted by Crippen LogP contribution is -2.24. The van der Waals surface area contributed by atoms with E-state index in [-0.39, 0.29) is 9.95 Å². The first-order valence-electron chi connectivity index (χ1n) is 8.69. The topological polar surface area (TPSA) is 101 Å². The second-order valence-corrected chi connectivity index (χ2v) is 7.40. The van der Waals surface area contributed by atoms with Gasteiger partial charge in [-0.25, -0.2) is 13.8 Å². The van der Waals surface area contributed by atoms with Gasteiger partial charge in [0.1, 0.15) is 28.5 Å². The molecule has 0 fully saturated rings. The maximum atomic E-state index is 13.3. The Morgan fingerprint density at radius 1 is 0.900 bits per heavy atom. The number of hydrogen-bond donors (Lipinski definition) is 0. The summed E-state index contributed by atoms with van der Waals surface area (Å²) in [4.78, 5) is 16.5. The van der Waals surface area contributed by atoms with E-state index in [0.717, 1.165) is 11.8 Å². The fourth-order valence-corrected chi connectivity index (χ4v) is 4.02. The zero-order chi connectivity index (χ0) is 21.7. The smallest absolute Gasteiger partial charge is 0.266 e. The molecule has 0 N–H and O–H groups in total. The Morgan fingerprint density at radius 3 is 2.00 bits per heavy atom. The highest BCUT2D eigenvalue weighted by atomic mass is 32.2. The van der Waals surface area contributed by atoms with Crippen LogP contribution in [0.4, 0.5) is 8.78 Å². The number of halogens is 2. The summed E-state index contributed by atoms with van der Waals surface area (Å²) >= 11 is 0.967. The first-order chi connectivity index (χ1) is 14.5. The van der Waals surface area contributed by atoms with Crippen LogP contribution in [-0.4, -0.2) is 11.0 Å². The highest BCUT2D eigenvalue weighted by molar-refractivity contribution is 8.18. The molecule has 2 unspecified atom stereocenters. The summed E-state index contributed by atoms with van der Waals surface area (Å²) in [5.74, 6) is -4.66. The minimum atomic E-state index is -1.20. The summed E-state index contributed by atoms with van der Waals surface area (Å²) in [7, 11) is 0. The molecule has 0 spiro atoms. The molecule has 1 aliphatic heterocycles. The van der Waals surface area contributed by atoms with Gasteiger partial charge in [0.25, 0.3) is 5.91 Å². The van der Waals surface area contributed by atoms with Crippen molar-refractivity contribution in [3.63, 3.8) is 0 Å². The number of hydrogen-bond acceptors (Lipinski definition) is 5. The van der Waals surface area contributed by atoms with Crippen LogP contribution in [0.15, 0.2) is 58.4 Å². The summed E-state index contributed by atoms with van der Waals surface area (Å²) in [6.45, 7) is 0. The number of rotatable bonds is 5. The molecular weight excluding hydrogens is 406 g/mol. The molecule has 8 heteroatoms. The van der Waals surface area contributed by atoms with Gasteiger partial charge in [-0.05, 0) is 41.5 Å². The van der Waals surface area contributed by atoms with E-state index in [9.17, 15) is 29.4 Å². The number of carbonyl (C=O) groups is 1. The molecule has 1 aliphatic rings. The van der Waals surface area contributed by atoms with Crippen LogP contribution in [0.5, 0.6) is 0 Å². The summed E-state index contributed by atoms with van der Waals surface area (Å²) in [6.07, 6.45) is 1.52. The Hall–Kier alpha value is -3.80. The average molecular weight is 418 g/mol. The number of thioether (sulfide) groups is 1. The van der Waals surface area contributed by atoms with E-state index >= 15 is 0 Å². The third-order valence-electron chi connectivity index (χ3n) is 4.46. The van der Waals surface area contributed by atoms with Crippen LogP contribution in [0.1, 0.15) is 17.0 Å². The third kappa shape index (κ3) is 4.43. The van der Waals surface area contributed by atoms with Gasteiger partial charge < -0.3 is 0 Å². The van der Waals surface area contributed by atoms with Gasteiger partial charge in [-0.3, -0.25) is 4.79 Å². The average Bonchev–Trinajstić information content (AvgIpc) is 3.10. The van der Waals surface area contributed by atoms with E-state index in [1.54, 1.807) is 0 Å². The Labute approximate surface area is 175 Å². The van der Waals surface area contributed by atoms with Crippen LogP contribution in [0.2, 0.25) is 0 Å². The molecule has 0 radical (unpaired) electrons. The first-order valence-corrected chi connectivity index (χ1v) is 9.50. The predicted octanol–water partition coefficient (Wildman–Crippen LogP) is 4.56. The van der Waals surface area contributed by atoms with Crippen LogP contribution in [0.3, 0.4) is 0 Å². The molecule has 5 nitrogen and oxygen atoms in total. The van der Waals surface area contributed by atoms with Gasteiger partial charge in [0.05, 0.1) is 23.1 Å². The number of nitriles is 3. The zero-order valence-electron chi connectivity index (χ0n) is 15.3. The van der Waals surface area contributed by atoms with Gasteiger partial charge in [0.15, 0.2) is 0 Å². The molecule has 3 rings (SSSR count). The Kier molecular flexibility index (Phi) is 6.37. The number of aliphatic imine (C=N–C) groups is 1. The van der Waals surface area contributed by atoms with Crippen LogP contribution < -0.4 is 0 Å². The lowest BCUT2D eigenvalue weighted by Gasteiger charge is -2.22. The van der Waals surface area contributed by atoms with Crippen molar-refractivity contribution in [1.29, 1.82) is 15.8 Å². The van der Waals surface area contributed by atoms with Crippen molar-refractivity contribution in [2.75, 3.05) is 0 Å². The largest absolute Gasteiger partial charge is 0.284 e. The molecule has 2 aromatic rings. The second-order valence-electron chi connectivity index (χ2n) is 6.34. The van der Waals surface area contributed by atoms with E-state index in [1.165, 1.54) is 54.6 Å². The first kappa shape index (κ1) is 20.9. The van der Waals surface area contributed by atoms with Crippen LogP contribution in [0.25, 0.3) is 6.08 Å². The molecule has 0 saturated carbocycles. The normalized spacial score (nSPS) is 16.5. The van der Waals surface area contributed by atoms with Crippen LogP contribution in [-0.2, 0) is 4.79 Å². The van der Waals surface area contributed by atoms with E-state index in [1.807, 2.05) is 18.2 Å². The molecule has 2 aromatic carbocycles. The Balaban J connectivity index is 1.95. The minimum Gasteiger partial charge on any atom is -0.266 e. The van der Waals surface area contributed by atoms with Crippen molar-refractivity contribution in [2.45, 2.75) is 5.92 Å². The number of nitrogens with zero attached hydrogens (tertiary/aromatic N) is 4. The van der Waals surface area contributed by atoms with Gasteiger partial charge >= 0.3 is 0 Å². The molecule has 2 atom stereocenters. The highest BCUT2D eigenvalue weighted by Gasteiger charge is 2.38. The van der Waals surface area contributed by atoms with Gasteiger partial charge in [-0.1, -0.05) is 36.0 Å². The SMILES string of the molecule is N#CC(C#N)C(c1ccc(F)cc1)C(C#N)C1=NC(=O)/C(=C/c2ccc(F)cc2)S1. The molecule has 30 heavy (non-hydrogen) atoms. The molecule has 1 amide bonds. The molecule has 0 saturated heterocycles. The van der Waals surface area contributed by atoms with E-state index in [2.05, 4.69) is 4.99 Å². The lowest BCUT2D eigenvalue weighted by atomic mass is 9.79. The van der Waals surface area contributed by atoms with Crippen molar-refractivity contribution in [3.05, 3.63) is 76.2 Å². The Morgan fingerprint density at radius 2 is 1.47 bits per heavy atom. The summed E-state index contributed by atoms with van der Waals surface area (Å²) < 4.78 is 26.4. The molecule has 0 aromatic heterocycles. The maximum absolute atomic E-state index is 13.3. The fraction of sp³-hybridized carbons (Fsp3) is 0.136. The Bertz CT molecular complexity index is 1140. The van der Waals surface area contributed by atoms with E-state index in [4.69, 9.17) is 0 Å². The summed E-state index contributed by atoms with van der Waals surface area (Å²) in [5.41, 5.74) is 1.00. The van der Waals surface area contributed by atoms with Crippen molar-refractivity contribution >= 4 is 28.8 Å². The van der Waals surface area contributed by atoms with Crippen molar-refractivity contribution in [1.82, 2.24) is 0 Å². The van der Waals surface area contributed by atoms with Gasteiger partial charge in [-0.15, -0.1) is 0 Å². The molecule has 0 bridgehead atoms. The molecule has 0 aliphatic carbocycles. The third-order valence-corrected chi connectivity index (χ3v) is 5.53. The summed E-state index contributed by atoms with van der Waals surface area (Å²) in [5, 5.41) is 28.8. The second kappa shape index (κ2) is 9.13. The van der Waals surface area contributed by atoms with Crippen LogP contribution in [0, 0.1) is 57.5 Å². The van der Waals surface area contributed by atoms with Crippen molar-refractivity contribution in [3.8, 4) is 18.2 Å². The standard InChI is InChI=1S/C22H12F2N4OS/c23-16-5-1-13(2-6-16)9-19-21(29)28-22(30-19)18(12-27)20(15(10-25)11-26)14-3-7-17(24)8-4-14/h1-9,15,18,20H/b19-9-. The molecular formula is C22H12F2N4OS. The number of amides is 1. The summed E-state index contributed by atoms with van der Waals surface area (Å²) in [6, 6.07) is 16.4.